The summed E-state index contributed by atoms with van der Waals surface area (Å²) < 4.78 is 42.7. The number of hydrogen-bond donors (Lipinski definition) is 0. The summed E-state index contributed by atoms with van der Waals surface area (Å²) in [5.74, 6) is 0. The zero-order valence-electron chi connectivity index (χ0n) is 8.66. The van der Waals surface area contributed by atoms with Crippen LogP contribution in [-0.2, 0) is 4.74 Å². The van der Waals surface area contributed by atoms with Crippen molar-refractivity contribution in [2.24, 2.45) is 0 Å². The molecule has 0 saturated heterocycles. The van der Waals surface area contributed by atoms with Crippen molar-refractivity contribution in [2.45, 2.75) is 63.8 Å². The fourth-order valence-electron chi connectivity index (χ4n) is 1.57. The Balaban J connectivity index is 2.50. The van der Waals surface area contributed by atoms with Gasteiger partial charge in [0.25, 0.3) is 0 Å². The fourth-order valence-corrected chi connectivity index (χ4v) is 1.57. The first-order valence-corrected chi connectivity index (χ1v) is 5.19. The van der Waals surface area contributed by atoms with Crippen LogP contribution < -0.4 is 0 Å². The van der Waals surface area contributed by atoms with E-state index in [0.29, 0.717) is 12.8 Å². The summed E-state index contributed by atoms with van der Waals surface area (Å²) in [4.78, 5) is 0. The molecule has 0 aromatic carbocycles. The van der Waals surface area contributed by atoms with E-state index in [4.69, 9.17) is 4.74 Å². The van der Waals surface area contributed by atoms with Crippen LogP contribution in [0.5, 0.6) is 0 Å². The molecule has 0 heterocycles. The van der Waals surface area contributed by atoms with Crippen LogP contribution in [0.3, 0.4) is 0 Å². The van der Waals surface area contributed by atoms with E-state index in [1.54, 1.807) is 0 Å². The van der Waals surface area contributed by atoms with Crippen LogP contribution in [0.2, 0.25) is 0 Å². The van der Waals surface area contributed by atoms with E-state index >= 15 is 0 Å². The third kappa shape index (κ3) is 2.41. The van der Waals surface area contributed by atoms with E-state index in [0.717, 1.165) is 6.42 Å². The Morgan fingerprint density at radius 3 is 2.14 bits per heavy atom. The number of rotatable bonds is 5. The average Bonchev–Trinajstić information content (AvgIpc) is 2.83. The van der Waals surface area contributed by atoms with Gasteiger partial charge in [-0.25, -0.2) is 0 Å². The highest BCUT2D eigenvalue weighted by Gasteiger charge is 2.65. The van der Waals surface area contributed by atoms with Gasteiger partial charge >= 0.3 is 6.18 Å². The second-order valence-electron chi connectivity index (χ2n) is 3.93. The second-order valence-corrected chi connectivity index (χ2v) is 3.93. The van der Waals surface area contributed by atoms with Gasteiger partial charge in [0.1, 0.15) is 0 Å². The first-order chi connectivity index (χ1) is 6.45. The summed E-state index contributed by atoms with van der Waals surface area (Å²) in [5.41, 5.74) is -1.79. The number of ether oxygens (including phenoxy) is 1. The summed E-state index contributed by atoms with van der Waals surface area (Å²) in [6.07, 6.45) is -1.90. The minimum Gasteiger partial charge on any atom is -0.362 e. The molecule has 0 aromatic heterocycles. The third-order valence-electron chi connectivity index (χ3n) is 2.68. The zero-order valence-corrected chi connectivity index (χ0v) is 8.66. The monoisotopic (exact) mass is 210 g/mol. The molecule has 0 aromatic rings. The molecular formula is C10H17F3O. The van der Waals surface area contributed by atoms with Crippen molar-refractivity contribution in [3.8, 4) is 0 Å². The average molecular weight is 210 g/mol. The van der Waals surface area contributed by atoms with E-state index < -0.39 is 11.8 Å². The lowest BCUT2D eigenvalue weighted by atomic mass is 10.1. The predicted molar refractivity (Wildman–Crippen MR) is 48.1 cm³/mol. The molecular weight excluding hydrogens is 193 g/mol. The fraction of sp³-hybridized carbons (Fsp3) is 1.00. The lowest BCUT2D eigenvalue weighted by Crippen LogP contribution is -2.37. The molecule has 0 N–H and O–H groups in total. The van der Waals surface area contributed by atoms with Crippen LogP contribution >= 0.6 is 0 Å². The Kier molecular flexibility index (Phi) is 3.45. The standard InChI is InChI=1S/C10H17F3O/c1-3-5-8(4-2)14-9(6-7-9)10(11,12)13/h8H,3-7H2,1-2H3. The quantitative estimate of drug-likeness (QED) is 0.672. The zero-order chi connectivity index (χ0) is 10.8. The predicted octanol–water partition coefficient (Wildman–Crippen LogP) is 3.68. The Morgan fingerprint density at radius 2 is 1.86 bits per heavy atom. The van der Waals surface area contributed by atoms with Crippen molar-refractivity contribution in [1.29, 1.82) is 0 Å². The Morgan fingerprint density at radius 1 is 1.29 bits per heavy atom. The Bertz CT molecular complexity index is 184. The molecule has 1 fully saturated rings. The number of alkyl halides is 3. The lowest BCUT2D eigenvalue weighted by Gasteiger charge is -2.25. The largest absolute Gasteiger partial charge is 0.417 e. The molecule has 0 amide bonds. The van der Waals surface area contributed by atoms with Crippen LogP contribution in [0.15, 0.2) is 0 Å². The van der Waals surface area contributed by atoms with Gasteiger partial charge in [0.05, 0.1) is 6.10 Å². The second kappa shape index (κ2) is 4.09. The number of halogens is 3. The van der Waals surface area contributed by atoms with Crippen molar-refractivity contribution < 1.29 is 17.9 Å². The lowest BCUT2D eigenvalue weighted by molar-refractivity contribution is -0.249. The van der Waals surface area contributed by atoms with Crippen molar-refractivity contribution in [1.82, 2.24) is 0 Å². The molecule has 1 rings (SSSR count). The summed E-state index contributed by atoms with van der Waals surface area (Å²) in [5, 5.41) is 0. The summed E-state index contributed by atoms with van der Waals surface area (Å²) in [7, 11) is 0. The molecule has 0 bridgehead atoms. The highest BCUT2D eigenvalue weighted by Crippen LogP contribution is 2.53. The van der Waals surface area contributed by atoms with Gasteiger partial charge in [-0.1, -0.05) is 20.3 Å². The van der Waals surface area contributed by atoms with Gasteiger partial charge in [0.15, 0.2) is 5.60 Å². The molecule has 1 nitrogen and oxygen atoms in total. The molecule has 4 heteroatoms. The van der Waals surface area contributed by atoms with Gasteiger partial charge in [-0.3, -0.25) is 0 Å². The summed E-state index contributed by atoms with van der Waals surface area (Å²) in [6.45, 7) is 3.83. The van der Waals surface area contributed by atoms with Crippen LogP contribution in [-0.4, -0.2) is 17.9 Å². The van der Waals surface area contributed by atoms with Gasteiger partial charge < -0.3 is 4.74 Å². The van der Waals surface area contributed by atoms with E-state index in [9.17, 15) is 13.2 Å². The van der Waals surface area contributed by atoms with Crippen LogP contribution in [0.1, 0.15) is 46.0 Å². The minimum atomic E-state index is -4.19. The maximum atomic E-state index is 12.5. The first kappa shape index (κ1) is 11.8. The van der Waals surface area contributed by atoms with Crippen molar-refractivity contribution in [2.75, 3.05) is 0 Å². The summed E-state index contributed by atoms with van der Waals surface area (Å²) in [6, 6.07) is 0. The highest BCUT2D eigenvalue weighted by atomic mass is 19.4. The van der Waals surface area contributed by atoms with Gasteiger partial charge in [0, 0.05) is 0 Å². The summed E-state index contributed by atoms with van der Waals surface area (Å²) >= 11 is 0. The van der Waals surface area contributed by atoms with Gasteiger partial charge in [-0.05, 0) is 25.7 Å². The van der Waals surface area contributed by atoms with Crippen LogP contribution in [0, 0.1) is 0 Å². The molecule has 1 atom stereocenters. The smallest absolute Gasteiger partial charge is 0.362 e. The molecule has 0 spiro atoms. The molecule has 14 heavy (non-hydrogen) atoms. The van der Waals surface area contributed by atoms with Crippen LogP contribution in [0.4, 0.5) is 13.2 Å². The first-order valence-electron chi connectivity index (χ1n) is 5.19. The minimum absolute atomic E-state index is 0.136. The molecule has 0 radical (unpaired) electrons. The van der Waals surface area contributed by atoms with Crippen molar-refractivity contribution in [3.05, 3.63) is 0 Å². The molecule has 1 aliphatic carbocycles. The highest BCUT2D eigenvalue weighted by molar-refractivity contribution is 5.02. The van der Waals surface area contributed by atoms with Gasteiger partial charge in [0.2, 0.25) is 0 Å². The van der Waals surface area contributed by atoms with E-state index in [-0.39, 0.29) is 18.9 Å². The van der Waals surface area contributed by atoms with E-state index in [1.165, 1.54) is 0 Å². The Hall–Kier alpha value is -0.250. The SMILES string of the molecule is CCCC(CC)OC1(C(F)(F)F)CC1. The molecule has 0 aliphatic heterocycles. The number of hydrogen-bond acceptors (Lipinski definition) is 1. The normalized spacial score (nSPS) is 22.1. The molecule has 84 valence electrons. The third-order valence-corrected chi connectivity index (χ3v) is 2.68. The van der Waals surface area contributed by atoms with Gasteiger partial charge in [-0.2, -0.15) is 13.2 Å². The molecule has 1 saturated carbocycles. The van der Waals surface area contributed by atoms with E-state index in [2.05, 4.69) is 0 Å². The molecule has 1 unspecified atom stereocenters. The van der Waals surface area contributed by atoms with Crippen LogP contribution in [0.25, 0.3) is 0 Å². The van der Waals surface area contributed by atoms with Crippen molar-refractivity contribution >= 4 is 0 Å². The van der Waals surface area contributed by atoms with Gasteiger partial charge in [-0.15, -0.1) is 0 Å². The maximum absolute atomic E-state index is 12.5. The topological polar surface area (TPSA) is 9.23 Å². The van der Waals surface area contributed by atoms with Crippen molar-refractivity contribution in [3.63, 3.8) is 0 Å². The maximum Gasteiger partial charge on any atom is 0.417 e. The Labute approximate surface area is 82.6 Å². The molecule has 1 aliphatic rings. The van der Waals surface area contributed by atoms with E-state index in [1.807, 2.05) is 13.8 Å².